The summed E-state index contributed by atoms with van der Waals surface area (Å²) in [5.41, 5.74) is 2.27. The molecule has 0 unspecified atom stereocenters. The highest BCUT2D eigenvalue weighted by atomic mass is 32.1. The Bertz CT molecular complexity index is 805. The molecular weight excluding hydrogens is 302 g/mol. The molecule has 0 spiro atoms. The second-order valence-corrected chi connectivity index (χ2v) is 5.88. The van der Waals surface area contributed by atoms with Gasteiger partial charge in [0, 0.05) is 22.4 Å². The molecule has 114 valence electrons. The largest absolute Gasteiger partial charge is 0.497 e. The van der Waals surface area contributed by atoms with Crippen LogP contribution in [0.15, 0.2) is 34.3 Å². The number of carbonyl (C=O) groups excluding carboxylic acids is 1. The van der Waals surface area contributed by atoms with Crippen molar-refractivity contribution in [1.82, 2.24) is 4.98 Å². The topological polar surface area (TPSA) is 61.6 Å². The van der Waals surface area contributed by atoms with Crippen LogP contribution in [0.25, 0.3) is 11.0 Å². The average Bonchev–Trinajstić information content (AvgIpc) is 3.11. The molecule has 5 nitrogen and oxygen atoms in total. The van der Waals surface area contributed by atoms with Crippen LogP contribution in [0.5, 0.6) is 5.75 Å². The molecule has 3 rings (SSSR count). The number of benzene rings is 1. The number of rotatable bonds is 5. The third-order valence-corrected chi connectivity index (χ3v) is 4.07. The van der Waals surface area contributed by atoms with Crippen molar-refractivity contribution in [2.24, 2.45) is 0 Å². The molecule has 0 fully saturated rings. The first-order valence-corrected chi connectivity index (χ1v) is 7.64. The van der Waals surface area contributed by atoms with E-state index < -0.39 is 0 Å². The molecule has 0 amide bonds. The van der Waals surface area contributed by atoms with Gasteiger partial charge in [0.2, 0.25) is 0 Å². The van der Waals surface area contributed by atoms with Gasteiger partial charge in [-0.2, -0.15) is 0 Å². The molecule has 22 heavy (non-hydrogen) atoms. The van der Waals surface area contributed by atoms with Crippen LogP contribution >= 0.6 is 11.3 Å². The molecule has 0 aliphatic rings. The first-order chi connectivity index (χ1) is 10.7. The van der Waals surface area contributed by atoms with Crippen LogP contribution in [-0.4, -0.2) is 18.1 Å². The van der Waals surface area contributed by atoms with Crippen molar-refractivity contribution in [1.29, 1.82) is 0 Å². The number of hydrogen-bond acceptors (Lipinski definition) is 6. The molecule has 0 aliphatic carbocycles. The number of esters is 1. The monoisotopic (exact) mass is 317 g/mol. The van der Waals surface area contributed by atoms with Crippen molar-refractivity contribution in [3.63, 3.8) is 0 Å². The number of hydrogen-bond donors (Lipinski definition) is 0. The predicted octanol–water partition coefficient (Wildman–Crippen LogP) is 3.49. The van der Waals surface area contributed by atoms with Gasteiger partial charge in [-0.05, 0) is 19.1 Å². The zero-order chi connectivity index (χ0) is 15.5. The van der Waals surface area contributed by atoms with Gasteiger partial charge in [-0.3, -0.25) is 4.79 Å². The van der Waals surface area contributed by atoms with E-state index in [1.54, 1.807) is 19.4 Å². The van der Waals surface area contributed by atoms with Gasteiger partial charge in [-0.25, -0.2) is 4.98 Å². The Hall–Kier alpha value is -2.34. The molecule has 0 saturated heterocycles. The third kappa shape index (κ3) is 3.12. The van der Waals surface area contributed by atoms with Gasteiger partial charge in [0.25, 0.3) is 0 Å². The lowest BCUT2D eigenvalue weighted by atomic mass is 10.1. The molecular formula is C16H15NO4S. The molecule has 6 heteroatoms. The number of furan rings is 1. The van der Waals surface area contributed by atoms with Crippen LogP contribution < -0.4 is 4.74 Å². The fraction of sp³-hybridized carbons (Fsp3) is 0.250. The Kier molecular flexibility index (Phi) is 4.11. The summed E-state index contributed by atoms with van der Waals surface area (Å²) in [7, 11) is 1.60. The van der Waals surface area contributed by atoms with Crippen molar-refractivity contribution in [2.45, 2.75) is 20.0 Å². The van der Waals surface area contributed by atoms with Crippen LogP contribution in [0.4, 0.5) is 0 Å². The minimum Gasteiger partial charge on any atom is -0.497 e. The summed E-state index contributed by atoms with van der Waals surface area (Å²) < 4.78 is 15.9. The minimum atomic E-state index is -0.302. The van der Waals surface area contributed by atoms with Gasteiger partial charge in [0.1, 0.15) is 17.9 Å². The Labute approximate surface area is 131 Å². The highest BCUT2D eigenvalue weighted by molar-refractivity contribution is 7.09. The van der Waals surface area contributed by atoms with Gasteiger partial charge < -0.3 is 13.9 Å². The van der Waals surface area contributed by atoms with Gasteiger partial charge in [0.15, 0.2) is 0 Å². The first kappa shape index (κ1) is 14.6. The number of aryl methyl sites for hydroxylation is 1. The maximum absolute atomic E-state index is 11.9. The highest BCUT2D eigenvalue weighted by Gasteiger charge is 2.12. The molecule has 2 heterocycles. The maximum Gasteiger partial charge on any atom is 0.310 e. The van der Waals surface area contributed by atoms with Gasteiger partial charge >= 0.3 is 5.97 Å². The van der Waals surface area contributed by atoms with Crippen molar-refractivity contribution >= 4 is 28.3 Å². The first-order valence-electron chi connectivity index (χ1n) is 6.76. The van der Waals surface area contributed by atoms with E-state index in [-0.39, 0.29) is 19.0 Å². The maximum atomic E-state index is 11.9. The van der Waals surface area contributed by atoms with Crippen LogP contribution in [0.1, 0.15) is 16.3 Å². The highest BCUT2D eigenvalue weighted by Crippen LogP contribution is 2.26. The SMILES string of the molecule is COc1ccc2c(CC(=O)OCc3csc(C)n3)coc2c1. The number of nitrogens with zero attached hydrogens (tertiary/aromatic N) is 1. The van der Waals surface area contributed by atoms with Gasteiger partial charge in [-0.15, -0.1) is 11.3 Å². The summed E-state index contributed by atoms with van der Waals surface area (Å²) >= 11 is 1.54. The van der Waals surface area contributed by atoms with E-state index in [2.05, 4.69) is 4.98 Å². The molecule has 3 aromatic rings. The fourth-order valence-corrected chi connectivity index (χ4v) is 2.76. The van der Waals surface area contributed by atoms with Crippen LogP contribution in [0.2, 0.25) is 0 Å². The number of methoxy groups -OCH3 is 1. The summed E-state index contributed by atoms with van der Waals surface area (Å²) in [6.45, 7) is 2.12. The summed E-state index contributed by atoms with van der Waals surface area (Å²) in [5.74, 6) is 0.416. The molecule has 0 radical (unpaired) electrons. The smallest absolute Gasteiger partial charge is 0.310 e. The quantitative estimate of drug-likeness (QED) is 0.674. The number of aromatic nitrogens is 1. The Balaban J connectivity index is 1.66. The Morgan fingerprint density at radius 3 is 3.00 bits per heavy atom. The van der Waals surface area contributed by atoms with E-state index in [4.69, 9.17) is 13.9 Å². The molecule has 0 N–H and O–H groups in total. The van der Waals surface area contributed by atoms with E-state index in [0.29, 0.717) is 5.58 Å². The lowest BCUT2D eigenvalue weighted by Crippen LogP contribution is -2.07. The zero-order valence-electron chi connectivity index (χ0n) is 12.3. The zero-order valence-corrected chi connectivity index (χ0v) is 13.1. The van der Waals surface area contributed by atoms with Crippen LogP contribution in [0.3, 0.4) is 0 Å². The molecule has 2 aromatic heterocycles. The summed E-state index contributed by atoms with van der Waals surface area (Å²) in [6, 6.07) is 5.51. The second-order valence-electron chi connectivity index (χ2n) is 4.82. The lowest BCUT2D eigenvalue weighted by molar-refractivity contribution is -0.144. The van der Waals surface area contributed by atoms with E-state index in [1.807, 2.05) is 24.4 Å². The fourth-order valence-electron chi connectivity index (χ4n) is 2.16. The molecule has 0 atom stereocenters. The van der Waals surface area contributed by atoms with Gasteiger partial charge in [0.05, 0.1) is 30.5 Å². The molecule has 0 bridgehead atoms. The number of fused-ring (bicyclic) bond motifs is 1. The van der Waals surface area contributed by atoms with E-state index in [9.17, 15) is 4.79 Å². The number of carbonyl (C=O) groups is 1. The molecule has 0 aliphatic heterocycles. The van der Waals surface area contributed by atoms with Crippen LogP contribution in [-0.2, 0) is 22.6 Å². The predicted molar refractivity (Wildman–Crippen MR) is 83.1 cm³/mol. The van der Waals surface area contributed by atoms with Crippen LogP contribution in [0, 0.1) is 6.92 Å². The van der Waals surface area contributed by atoms with Crippen molar-refractivity contribution in [2.75, 3.05) is 7.11 Å². The average molecular weight is 317 g/mol. The minimum absolute atomic E-state index is 0.169. The van der Waals surface area contributed by atoms with E-state index in [1.165, 1.54) is 11.3 Å². The third-order valence-electron chi connectivity index (χ3n) is 3.25. The normalized spacial score (nSPS) is 10.8. The van der Waals surface area contributed by atoms with Crippen molar-refractivity contribution in [3.8, 4) is 5.75 Å². The number of ether oxygens (including phenoxy) is 2. The Morgan fingerprint density at radius 2 is 2.27 bits per heavy atom. The summed E-state index contributed by atoms with van der Waals surface area (Å²) in [5, 5.41) is 3.74. The lowest BCUT2D eigenvalue weighted by Gasteiger charge is -2.02. The molecule has 0 saturated carbocycles. The van der Waals surface area contributed by atoms with Crippen molar-refractivity contribution in [3.05, 3.63) is 46.1 Å². The van der Waals surface area contributed by atoms with E-state index in [0.717, 1.165) is 27.4 Å². The van der Waals surface area contributed by atoms with E-state index >= 15 is 0 Å². The van der Waals surface area contributed by atoms with Gasteiger partial charge in [-0.1, -0.05) is 0 Å². The molecule has 1 aromatic carbocycles. The second kappa shape index (κ2) is 6.19. The Morgan fingerprint density at radius 1 is 1.41 bits per heavy atom. The van der Waals surface area contributed by atoms with Crippen molar-refractivity contribution < 1.29 is 18.7 Å². The summed E-state index contributed by atoms with van der Waals surface area (Å²) in [6.07, 6.45) is 1.75. The standard InChI is InChI=1S/C16H15NO4S/c1-10-17-12(9-22-10)8-21-16(18)5-11-7-20-15-6-13(19-2)3-4-14(11)15/h3-4,6-7,9H,5,8H2,1-2H3. The number of thiazole rings is 1. The summed E-state index contributed by atoms with van der Waals surface area (Å²) in [4.78, 5) is 16.2.